The standard InChI is InChI=1S/C23H34N2O2/c1-18-5-4-6-19(2)22(18)8-7-20-9-13-25(14-10-20)23(26)17-24(3)21-11-15-27-16-12-21/h4-8,20-21H,9-17H2,1-3H3/b8-7+. The quantitative estimate of drug-likeness (QED) is 0.793. The number of ether oxygens (including phenoxy) is 1. The first-order valence-electron chi connectivity index (χ1n) is 10.3. The predicted molar refractivity (Wildman–Crippen MR) is 111 cm³/mol. The molecule has 1 aromatic carbocycles. The minimum atomic E-state index is 0.279. The Morgan fingerprint density at radius 2 is 1.78 bits per heavy atom. The normalized spacial score (nSPS) is 19.9. The van der Waals surface area contributed by atoms with Crippen LogP contribution in [0, 0.1) is 19.8 Å². The van der Waals surface area contributed by atoms with Crippen molar-refractivity contribution in [2.45, 2.75) is 45.6 Å². The van der Waals surface area contributed by atoms with Crippen molar-refractivity contribution in [1.82, 2.24) is 9.80 Å². The minimum absolute atomic E-state index is 0.279. The van der Waals surface area contributed by atoms with Crippen molar-refractivity contribution in [3.05, 3.63) is 41.0 Å². The Bertz CT molecular complexity index is 636. The molecule has 2 heterocycles. The van der Waals surface area contributed by atoms with Crippen LogP contribution in [0.3, 0.4) is 0 Å². The van der Waals surface area contributed by atoms with Gasteiger partial charge in [-0.1, -0.05) is 30.4 Å². The number of likely N-dealkylation sites (N-methyl/N-ethyl adjacent to an activating group) is 1. The topological polar surface area (TPSA) is 32.8 Å². The predicted octanol–water partition coefficient (Wildman–Crippen LogP) is 3.67. The molecule has 0 N–H and O–H groups in total. The number of likely N-dealkylation sites (tertiary alicyclic amines) is 1. The van der Waals surface area contributed by atoms with Crippen LogP contribution in [0.2, 0.25) is 0 Å². The van der Waals surface area contributed by atoms with Crippen molar-refractivity contribution in [3.63, 3.8) is 0 Å². The van der Waals surface area contributed by atoms with Gasteiger partial charge in [-0.05, 0) is 69.2 Å². The molecule has 2 aliphatic heterocycles. The number of hydrogen-bond acceptors (Lipinski definition) is 3. The van der Waals surface area contributed by atoms with E-state index in [9.17, 15) is 4.79 Å². The van der Waals surface area contributed by atoms with Crippen LogP contribution in [-0.4, -0.2) is 61.6 Å². The summed E-state index contributed by atoms with van der Waals surface area (Å²) in [5, 5.41) is 0. The molecule has 4 heteroatoms. The fourth-order valence-corrected chi connectivity index (χ4v) is 4.23. The average Bonchev–Trinajstić information content (AvgIpc) is 2.68. The van der Waals surface area contributed by atoms with E-state index in [2.05, 4.69) is 61.0 Å². The second kappa shape index (κ2) is 9.52. The Balaban J connectivity index is 1.47. The largest absolute Gasteiger partial charge is 0.381 e. The SMILES string of the molecule is Cc1cccc(C)c1/C=C/C1CCN(C(=O)CN(C)C2CCOCC2)CC1. The van der Waals surface area contributed by atoms with E-state index in [1.807, 2.05) is 0 Å². The summed E-state index contributed by atoms with van der Waals surface area (Å²) < 4.78 is 5.42. The summed E-state index contributed by atoms with van der Waals surface area (Å²) in [6, 6.07) is 6.94. The van der Waals surface area contributed by atoms with E-state index < -0.39 is 0 Å². The van der Waals surface area contributed by atoms with Gasteiger partial charge in [-0.3, -0.25) is 9.69 Å². The molecule has 1 aromatic rings. The van der Waals surface area contributed by atoms with E-state index in [0.29, 0.717) is 18.5 Å². The maximum atomic E-state index is 12.7. The van der Waals surface area contributed by atoms with E-state index in [-0.39, 0.29) is 5.91 Å². The third-order valence-corrected chi connectivity index (χ3v) is 6.17. The van der Waals surface area contributed by atoms with Crippen molar-refractivity contribution >= 4 is 12.0 Å². The molecule has 0 atom stereocenters. The van der Waals surface area contributed by atoms with E-state index in [1.165, 1.54) is 16.7 Å². The van der Waals surface area contributed by atoms with Gasteiger partial charge >= 0.3 is 0 Å². The number of benzene rings is 1. The lowest BCUT2D eigenvalue weighted by Crippen LogP contribution is -2.46. The lowest BCUT2D eigenvalue weighted by Gasteiger charge is -2.35. The van der Waals surface area contributed by atoms with Crippen LogP contribution in [-0.2, 0) is 9.53 Å². The van der Waals surface area contributed by atoms with Gasteiger partial charge in [0.2, 0.25) is 5.91 Å². The number of amides is 1. The Morgan fingerprint density at radius 3 is 2.41 bits per heavy atom. The van der Waals surface area contributed by atoms with E-state index in [0.717, 1.165) is 52.0 Å². The molecule has 2 saturated heterocycles. The Hall–Kier alpha value is -1.65. The van der Waals surface area contributed by atoms with Crippen molar-refractivity contribution in [1.29, 1.82) is 0 Å². The smallest absolute Gasteiger partial charge is 0.236 e. The second-order valence-corrected chi connectivity index (χ2v) is 8.14. The van der Waals surface area contributed by atoms with Gasteiger partial charge in [0.05, 0.1) is 6.54 Å². The summed E-state index contributed by atoms with van der Waals surface area (Å²) in [5.41, 5.74) is 4.00. The molecule has 4 nitrogen and oxygen atoms in total. The Labute approximate surface area is 164 Å². The highest BCUT2D eigenvalue weighted by Gasteiger charge is 2.25. The molecular weight excluding hydrogens is 336 g/mol. The molecule has 1 amide bonds. The van der Waals surface area contributed by atoms with Gasteiger partial charge in [0, 0.05) is 32.3 Å². The summed E-state index contributed by atoms with van der Waals surface area (Å²) in [5.74, 6) is 0.849. The van der Waals surface area contributed by atoms with Crippen molar-refractivity contribution < 1.29 is 9.53 Å². The molecule has 27 heavy (non-hydrogen) atoms. The van der Waals surface area contributed by atoms with Crippen LogP contribution < -0.4 is 0 Å². The third-order valence-electron chi connectivity index (χ3n) is 6.17. The van der Waals surface area contributed by atoms with E-state index in [4.69, 9.17) is 4.74 Å². The zero-order valence-electron chi connectivity index (χ0n) is 17.1. The number of rotatable bonds is 5. The van der Waals surface area contributed by atoms with Gasteiger partial charge < -0.3 is 9.64 Å². The van der Waals surface area contributed by atoms with Gasteiger partial charge in [0.1, 0.15) is 0 Å². The highest BCUT2D eigenvalue weighted by Crippen LogP contribution is 2.22. The molecule has 0 spiro atoms. The maximum Gasteiger partial charge on any atom is 0.236 e. The van der Waals surface area contributed by atoms with Gasteiger partial charge in [0.15, 0.2) is 0 Å². The summed E-state index contributed by atoms with van der Waals surface area (Å²) in [6.07, 6.45) is 8.84. The molecule has 3 rings (SSSR count). The monoisotopic (exact) mass is 370 g/mol. The lowest BCUT2D eigenvalue weighted by atomic mass is 9.94. The Morgan fingerprint density at radius 1 is 1.15 bits per heavy atom. The summed E-state index contributed by atoms with van der Waals surface area (Å²) in [6.45, 7) is 8.27. The molecule has 0 aliphatic carbocycles. The van der Waals surface area contributed by atoms with Crippen LogP contribution in [0.25, 0.3) is 6.08 Å². The Kier molecular flexibility index (Phi) is 7.08. The van der Waals surface area contributed by atoms with Crippen LogP contribution >= 0.6 is 0 Å². The first-order valence-corrected chi connectivity index (χ1v) is 10.3. The number of carbonyl (C=O) groups excluding carboxylic acids is 1. The van der Waals surface area contributed by atoms with Crippen LogP contribution in [0.4, 0.5) is 0 Å². The number of aryl methyl sites for hydroxylation is 2. The zero-order chi connectivity index (χ0) is 19.2. The maximum absolute atomic E-state index is 12.7. The van der Waals surface area contributed by atoms with Gasteiger partial charge in [0.25, 0.3) is 0 Å². The minimum Gasteiger partial charge on any atom is -0.381 e. The third kappa shape index (κ3) is 5.43. The fraction of sp³-hybridized carbons (Fsp3) is 0.609. The number of piperidine rings is 1. The first kappa shape index (κ1) is 20.1. The van der Waals surface area contributed by atoms with Gasteiger partial charge in [-0.2, -0.15) is 0 Å². The molecule has 0 unspecified atom stereocenters. The molecule has 0 saturated carbocycles. The molecule has 0 bridgehead atoms. The van der Waals surface area contributed by atoms with Crippen LogP contribution in [0.1, 0.15) is 42.4 Å². The van der Waals surface area contributed by atoms with E-state index in [1.54, 1.807) is 0 Å². The molecule has 0 radical (unpaired) electrons. The zero-order valence-corrected chi connectivity index (χ0v) is 17.1. The highest BCUT2D eigenvalue weighted by molar-refractivity contribution is 5.78. The molecule has 148 valence electrons. The highest BCUT2D eigenvalue weighted by atomic mass is 16.5. The summed E-state index contributed by atoms with van der Waals surface area (Å²) in [4.78, 5) is 16.9. The second-order valence-electron chi connectivity index (χ2n) is 8.14. The average molecular weight is 371 g/mol. The summed E-state index contributed by atoms with van der Waals surface area (Å²) >= 11 is 0. The number of carbonyl (C=O) groups is 1. The molecule has 2 aliphatic rings. The number of allylic oxidation sites excluding steroid dienone is 1. The van der Waals surface area contributed by atoms with Crippen LogP contribution in [0.5, 0.6) is 0 Å². The number of nitrogens with zero attached hydrogens (tertiary/aromatic N) is 2. The lowest BCUT2D eigenvalue weighted by molar-refractivity contribution is -0.134. The first-order chi connectivity index (χ1) is 13.0. The summed E-state index contributed by atoms with van der Waals surface area (Å²) in [7, 11) is 2.08. The number of hydrogen-bond donors (Lipinski definition) is 0. The fourth-order valence-electron chi connectivity index (χ4n) is 4.23. The molecule has 0 aromatic heterocycles. The van der Waals surface area contributed by atoms with Crippen molar-refractivity contribution in [2.24, 2.45) is 5.92 Å². The molecular formula is C23H34N2O2. The van der Waals surface area contributed by atoms with Gasteiger partial charge in [-0.15, -0.1) is 0 Å². The van der Waals surface area contributed by atoms with Crippen LogP contribution in [0.15, 0.2) is 24.3 Å². The van der Waals surface area contributed by atoms with E-state index >= 15 is 0 Å². The molecule has 2 fully saturated rings. The van der Waals surface area contributed by atoms with Crippen molar-refractivity contribution in [2.75, 3.05) is 39.9 Å². The van der Waals surface area contributed by atoms with Gasteiger partial charge in [-0.25, -0.2) is 0 Å². The van der Waals surface area contributed by atoms with Crippen molar-refractivity contribution in [3.8, 4) is 0 Å².